The Morgan fingerprint density at radius 3 is 3.00 bits per heavy atom. The summed E-state index contributed by atoms with van der Waals surface area (Å²) in [5.41, 5.74) is 0. The Morgan fingerprint density at radius 1 is 1.44 bits per heavy atom. The predicted octanol–water partition coefficient (Wildman–Crippen LogP) is 1.41. The van der Waals surface area contributed by atoms with Crippen molar-refractivity contribution in [3.05, 3.63) is 12.4 Å². The fourth-order valence-electron chi connectivity index (χ4n) is 2.54. The molecule has 1 aromatic rings. The molecule has 2 fully saturated rings. The van der Waals surface area contributed by atoms with E-state index in [0.717, 1.165) is 18.5 Å². The largest absolute Gasteiger partial charge is 0.341 e. The second kappa shape index (κ2) is 4.09. The van der Waals surface area contributed by atoms with E-state index in [1.165, 1.54) is 32.2 Å². The minimum atomic E-state index is 0.605. The van der Waals surface area contributed by atoms with Gasteiger partial charge in [-0.1, -0.05) is 0 Å². The maximum Gasteiger partial charge on any atom is 0.205 e. The topological polar surface area (TPSA) is 33.1 Å². The molecule has 0 aromatic carbocycles. The van der Waals surface area contributed by atoms with Gasteiger partial charge in [0.05, 0.1) is 0 Å². The van der Waals surface area contributed by atoms with Gasteiger partial charge in [-0.3, -0.25) is 0 Å². The molecule has 1 saturated heterocycles. The number of nitrogens with one attached hydrogen (secondary N) is 1. The highest BCUT2D eigenvalue weighted by molar-refractivity contribution is 5.33. The van der Waals surface area contributed by atoms with E-state index < -0.39 is 0 Å². The molecule has 3 rings (SSSR count). The lowest BCUT2D eigenvalue weighted by molar-refractivity contribution is 0.438. The summed E-state index contributed by atoms with van der Waals surface area (Å²) in [7, 11) is 2.18. The normalized spacial score (nSPS) is 25.7. The minimum Gasteiger partial charge on any atom is -0.341 e. The Morgan fingerprint density at radius 2 is 2.31 bits per heavy atom. The van der Waals surface area contributed by atoms with Crippen LogP contribution in [0.3, 0.4) is 0 Å². The Bertz CT molecular complexity index is 350. The van der Waals surface area contributed by atoms with Gasteiger partial charge >= 0.3 is 0 Å². The zero-order chi connectivity index (χ0) is 11.0. The summed E-state index contributed by atoms with van der Waals surface area (Å²) in [5, 5.41) is 3.46. The lowest BCUT2D eigenvalue weighted by Gasteiger charge is -2.32. The summed E-state index contributed by atoms with van der Waals surface area (Å²) in [4.78, 5) is 6.87. The van der Waals surface area contributed by atoms with Crippen LogP contribution < -0.4 is 10.2 Å². The first kappa shape index (κ1) is 10.1. The van der Waals surface area contributed by atoms with Crippen LogP contribution in [0.4, 0.5) is 5.95 Å². The van der Waals surface area contributed by atoms with E-state index in [1.54, 1.807) is 0 Å². The van der Waals surface area contributed by atoms with Gasteiger partial charge in [0.25, 0.3) is 0 Å². The van der Waals surface area contributed by atoms with Gasteiger partial charge in [-0.15, -0.1) is 0 Å². The van der Waals surface area contributed by atoms with Crippen LogP contribution in [0.25, 0.3) is 0 Å². The molecule has 0 amide bonds. The molecule has 4 nitrogen and oxygen atoms in total. The van der Waals surface area contributed by atoms with Crippen LogP contribution in [0, 0.1) is 0 Å². The predicted molar refractivity (Wildman–Crippen MR) is 64.8 cm³/mol. The fourth-order valence-corrected chi connectivity index (χ4v) is 2.54. The van der Waals surface area contributed by atoms with Crippen molar-refractivity contribution in [1.29, 1.82) is 0 Å². The van der Waals surface area contributed by atoms with Crippen molar-refractivity contribution in [3.63, 3.8) is 0 Å². The van der Waals surface area contributed by atoms with Gasteiger partial charge in [0.1, 0.15) is 0 Å². The molecule has 1 aliphatic carbocycles. The number of nitrogens with zero attached hydrogens (tertiary/aromatic N) is 3. The summed E-state index contributed by atoms with van der Waals surface area (Å²) in [6.45, 7) is 2.26. The molecule has 1 saturated carbocycles. The SMILES string of the molecule is CN(c1nccn1C1CC1)C1CCCNC1. The van der Waals surface area contributed by atoms with Crippen molar-refractivity contribution in [3.8, 4) is 0 Å². The molecule has 1 N–H and O–H groups in total. The first-order chi connectivity index (χ1) is 7.86. The van der Waals surface area contributed by atoms with Gasteiger partial charge in [-0.2, -0.15) is 0 Å². The number of likely N-dealkylation sites (N-methyl/N-ethyl adjacent to an activating group) is 1. The molecule has 4 heteroatoms. The lowest BCUT2D eigenvalue weighted by atomic mass is 10.1. The lowest BCUT2D eigenvalue weighted by Crippen LogP contribution is -2.45. The van der Waals surface area contributed by atoms with E-state index in [4.69, 9.17) is 0 Å². The molecule has 0 bridgehead atoms. The van der Waals surface area contributed by atoms with Gasteiger partial charge in [0.15, 0.2) is 0 Å². The van der Waals surface area contributed by atoms with Crippen LogP contribution in [0.15, 0.2) is 12.4 Å². The van der Waals surface area contributed by atoms with Gasteiger partial charge in [0.2, 0.25) is 5.95 Å². The molecule has 0 spiro atoms. The van der Waals surface area contributed by atoms with Crippen LogP contribution in [-0.4, -0.2) is 35.7 Å². The van der Waals surface area contributed by atoms with Gasteiger partial charge in [-0.05, 0) is 32.2 Å². The smallest absolute Gasteiger partial charge is 0.205 e. The molecule has 0 radical (unpaired) electrons. The molecule has 1 aliphatic heterocycles. The standard InChI is InChI=1S/C12H20N4/c1-15(11-3-2-6-13-9-11)12-14-7-8-16(12)10-4-5-10/h7-8,10-11,13H,2-6,9H2,1H3. The van der Waals surface area contributed by atoms with E-state index >= 15 is 0 Å². The number of rotatable bonds is 3. The van der Waals surface area contributed by atoms with E-state index in [1.807, 2.05) is 6.20 Å². The number of piperidine rings is 1. The van der Waals surface area contributed by atoms with E-state index in [-0.39, 0.29) is 0 Å². The van der Waals surface area contributed by atoms with Crippen LogP contribution in [0.2, 0.25) is 0 Å². The summed E-state index contributed by atoms with van der Waals surface area (Å²) >= 11 is 0. The van der Waals surface area contributed by atoms with E-state index in [0.29, 0.717) is 6.04 Å². The van der Waals surface area contributed by atoms with Crippen LogP contribution >= 0.6 is 0 Å². The monoisotopic (exact) mass is 220 g/mol. The molecular formula is C12H20N4. The van der Waals surface area contributed by atoms with Crippen molar-refractivity contribution in [2.45, 2.75) is 37.8 Å². The summed E-state index contributed by atoms with van der Waals surface area (Å²) in [6.07, 6.45) is 9.25. The number of hydrogen-bond donors (Lipinski definition) is 1. The first-order valence-electron chi connectivity index (χ1n) is 6.32. The second-order valence-electron chi connectivity index (χ2n) is 4.98. The van der Waals surface area contributed by atoms with Crippen LogP contribution in [-0.2, 0) is 0 Å². The maximum atomic E-state index is 4.51. The zero-order valence-electron chi connectivity index (χ0n) is 9.89. The zero-order valence-corrected chi connectivity index (χ0v) is 9.89. The average molecular weight is 220 g/mol. The van der Waals surface area contributed by atoms with E-state index in [2.05, 4.69) is 33.0 Å². The van der Waals surface area contributed by atoms with Crippen LogP contribution in [0.1, 0.15) is 31.7 Å². The summed E-state index contributed by atoms with van der Waals surface area (Å²) in [5.74, 6) is 1.15. The number of anilines is 1. The average Bonchev–Trinajstić information content (AvgIpc) is 3.07. The van der Waals surface area contributed by atoms with Crippen LogP contribution in [0.5, 0.6) is 0 Å². The molecule has 1 aromatic heterocycles. The molecule has 1 atom stereocenters. The Kier molecular flexibility index (Phi) is 2.59. The second-order valence-corrected chi connectivity index (χ2v) is 4.98. The third kappa shape index (κ3) is 1.82. The van der Waals surface area contributed by atoms with Gasteiger partial charge in [0, 0.05) is 38.1 Å². The molecular weight excluding hydrogens is 200 g/mol. The summed E-state index contributed by atoms with van der Waals surface area (Å²) in [6, 6.07) is 1.32. The molecule has 88 valence electrons. The number of imidazole rings is 1. The molecule has 1 unspecified atom stereocenters. The highest BCUT2D eigenvalue weighted by Gasteiger charge is 2.28. The fraction of sp³-hybridized carbons (Fsp3) is 0.750. The Balaban J connectivity index is 1.76. The minimum absolute atomic E-state index is 0.605. The molecule has 16 heavy (non-hydrogen) atoms. The quantitative estimate of drug-likeness (QED) is 0.836. The van der Waals surface area contributed by atoms with Crippen molar-refractivity contribution < 1.29 is 0 Å². The Hall–Kier alpha value is -1.03. The van der Waals surface area contributed by atoms with E-state index in [9.17, 15) is 0 Å². The summed E-state index contributed by atoms with van der Waals surface area (Å²) < 4.78 is 2.34. The van der Waals surface area contributed by atoms with Crippen molar-refractivity contribution in [2.24, 2.45) is 0 Å². The first-order valence-corrected chi connectivity index (χ1v) is 6.32. The van der Waals surface area contributed by atoms with Crippen molar-refractivity contribution >= 4 is 5.95 Å². The van der Waals surface area contributed by atoms with Crippen molar-refractivity contribution in [1.82, 2.24) is 14.9 Å². The third-order valence-corrected chi connectivity index (χ3v) is 3.72. The number of hydrogen-bond acceptors (Lipinski definition) is 3. The molecule has 2 heterocycles. The third-order valence-electron chi connectivity index (χ3n) is 3.72. The maximum absolute atomic E-state index is 4.51. The van der Waals surface area contributed by atoms with Crippen molar-refractivity contribution in [2.75, 3.05) is 25.0 Å². The van der Waals surface area contributed by atoms with Gasteiger partial charge in [-0.25, -0.2) is 4.98 Å². The molecule has 2 aliphatic rings. The highest BCUT2D eigenvalue weighted by atomic mass is 15.3. The van der Waals surface area contributed by atoms with Gasteiger partial charge < -0.3 is 14.8 Å². The number of aromatic nitrogens is 2. The highest BCUT2D eigenvalue weighted by Crippen LogP contribution is 2.37. The Labute approximate surface area is 96.7 Å².